The summed E-state index contributed by atoms with van der Waals surface area (Å²) in [5.41, 5.74) is 1.17. The predicted octanol–water partition coefficient (Wildman–Crippen LogP) is 2.52. The minimum Gasteiger partial charge on any atom is -0.497 e. The van der Waals surface area contributed by atoms with E-state index in [1.54, 1.807) is 18.9 Å². The van der Waals surface area contributed by atoms with Gasteiger partial charge < -0.3 is 9.64 Å². The van der Waals surface area contributed by atoms with Crippen molar-refractivity contribution in [3.05, 3.63) is 18.2 Å². The smallest absolute Gasteiger partial charge is 0.120 e. The fourth-order valence-corrected chi connectivity index (χ4v) is 3.02. The van der Waals surface area contributed by atoms with Crippen molar-refractivity contribution in [1.29, 1.82) is 5.26 Å². The number of methoxy groups -OCH3 is 1. The van der Waals surface area contributed by atoms with Gasteiger partial charge in [-0.25, -0.2) is 0 Å². The first-order valence-electron chi connectivity index (χ1n) is 5.14. The highest BCUT2D eigenvalue weighted by Crippen LogP contribution is 2.42. The van der Waals surface area contributed by atoms with Gasteiger partial charge in [0.2, 0.25) is 0 Å². The quantitative estimate of drug-likeness (QED) is 0.748. The van der Waals surface area contributed by atoms with E-state index in [-0.39, 0.29) is 11.3 Å². The van der Waals surface area contributed by atoms with E-state index in [0.29, 0.717) is 0 Å². The first-order valence-corrected chi connectivity index (χ1v) is 6.02. The fraction of sp³-hybridized carbons (Fsp3) is 0.417. The summed E-state index contributed by atoms with van der Waals surface area (Å²) in [4.78, 5) is 3.27. The van der Waals surface area contributed by atoms with Gasteiger partial charge in [-0.1, -0.05) is 0 Å². The zero-order valence-corrected chi connectivity index (χ0v) is 10.4. The molecular formula is C12H14N2OS. The van der Waals surface area contributed by atoms with Crippen LogP contribution in [0.25, 0.3) is 0 Å². The molecule has 0 aromatic heterocycles. The van der Waals surface area contributed by atoms with Crippen LogP contribution in [0.1, 0.15) is 6.92 Å². The maximum atomic E-state index is 9.10. The van der Waals surface area contributed by atoms with Crippen LogP contribution in [0.15, 0.2) is 23.1 Å². The topological polar surface area (TPSA) is 36.3 Å². The van der Waals surface area contributed by atoms with Crippen LogP contribution >= 0.6 is 11.8 Å². The van der Waals surface area contributed by atoms with E-state index in [1.807, 2.05) is 25.2 Å². The van der Waals surface area contributed by atoms with Gasteiger partial charge in [-0.2, -0.15) is 5.26 Å². The van der Waals surface area contributed by atoms with Gasteiger partial charge in [0.05, 0.1) is 24.9 Å². The van der Waals surface area contributed by atoms with E-state index in [2.05, 4.69) is 17.9 Å². The summed E-state index contributed by atoms with van der Waals surface area (Å²) >= 11 is 1.62. The predicted molar refractivity (Wildman–Crippen MR) is 66.1 cm³/mol. The molecule has 0 spiro atoms. The number of rotatable bonds is 1. The Labute approximate surface area is 100 Å². The van der Waals surface area contributed by atoms with Crippen molar-refractivity contribution >= 4 is 17.4 Å². The van der Waals surface area contributed by atoms with Crippen LogP contribution in [-0.4, -0.2) is 25.4 Å². The lowest BCUT2D eigenvalue weighted by atomic mass is 10.1. The monoisotopic (exact) mass is 234 g/mol. The van der Waals surface area contributed by atoms with Crippen LogP contribution < -0.4 is 9.64 Å². The molecule has 0 aliphatic carbocycles. The number of ether oxygens (including phenoxy) is 1. The van der Waals surface area contributed by atoms with E-state index >= 15 is 0 Å². The molecule has 0 amide bonds. The van der Waals surface area contributed by atoms with Crippen molar-refractivity contribution in [3.63, 3.8) is 0 Å². The maximum Gasteiger partial charge on any atom is 0.120 e. The molecule has 1 aromatic carbocycles. The van der Waals surface area contributed by atoms with E-state index in [1.165, 1.54) is 5.69 Å². The van der Waals surface area contributed by atoms with Crippen LogP contribution in [-0.2, 0) is 0 Å². The maximum absolute atomic E-state index is 9.10. The van der Waals surface area contributed by atoms with Crippen molar-refractivity contribution in [2.75, 3.05) is 19.1 Å². The molecule has 0 bridgehead atoms. The average molecular weight is 234 g/mol. The Kier molecular flexibility index (Phi) is 2.97. The average Bonchev–Trinajstić information content (AvgIpc) is 2.33. The molecule has 1 aromatic rings. The number of anilines is 1. The van der Waals surface area contributed by atoms with E-state index in [0.717, 1.165) is 10.6 Å². The fourth-order valence-electron chi connectivity index (χ4n) is 1.80. The molecular weight excluding hydrogens is 220 g/mol. The van der Waals surface area contributed by atoms with Crippen molar-refractivity contribution in [2.45, 2.75) is 23.1 Å². The molecule has 84 valence electrons. The second-order valence-corrected chi connectivity index (χ2v) is 5.04. The Hall–Kier alpha value is -1.34. The van der Waals surface area contributed by atoms with Crippen molar-refractivity contribution in [2.24, 2.45) is 0 Å². The Bertz CT molecular complexity index is 441. The summed E-state index contributed by atoms with van der Waals surface area (Å²) in [7, 11) is 3.68. The van der Waals surface area contributed by atoms with Crippen molar-refractivity contribution in [3.8, 4) is 11.8 Å². The Morgan fingerprint density at radius 3 is 2.88 bits per heavy atom. The van der Waals surface area contributed by atoms with Gasteiger partial charge >= 0.3 is 0 Å². The Balaban J connectivity index is 2.43. The molecule has 0 saturated heterocycles. The highest BCUT2D eigenvalue weighted by Gasteiger charge is 2.29. The van der Waals surface area contributed by atoms with Crippen LogP contribution in [0.4, 0.5) is 5.69 Å². The van der Waals surface area contributed by atoms with E-state index in [9.17, 15) is 0 Å². The molecule has 0 fully saturated rings. The minimum atomic E-state index is -0.0235. The van der Waals surface area contributed by atoms with Crippen LogP contribution in [0, 0.1) is 11.3 Å². The van der Waals surface area contributed by atoms with Gasteiger partial charge in [-0.15, -0.1) is 11.8 Å². The number of fused-ring (bicyclic) bond motifs is 1. The normalized spacial score (nSPS) is 23.5. The lowest BCUT2D eigenvalue weighted by Crippen LogP contribution is -2.39. The highest BCUT2D eigenvalue weighted by molar-refractivity contribution is 8.00. The second kappa shape index (κ2) is 4.26. The first-order chi connectivity index (χ1) is 7.67. The number of hydrogen-bond acceptors (Lipinski definition) is 4. The molecule has 0 radical (unpaired) electrons. The van der Waals surface area contributed by atoms with Crippen molar-refractivity contribution in [1.82, 2.24) is 0 Å². The van der Waals surface area contributed by atoms with Crippen LogP contribution in [0.3, 0.4) is 0 Å². The highest BCUT2D eigenvalue weighted by atomic mass is 32.2. The third-order valence-electron chi connectivity index (χ3n) is 2.98. The summed E-state index contributed by atoms with van der Waals surface area (Å²) in [6.07, 6.45) is 0. The summed E-state index contributed by atoms with van der Waals surface area (Å²) in [6, 6.07) is 8.57. The number of nitriles is 1. The van der Waals surface area contributed by atoms with E-state index in [4.69, 9.17) is 10.00 Å². The second-order valence-electron chi connectivity index (χ2n) is 3.85. The Morgan fingerprint density at radius 1 is 1.50 bits per heavy atom. The minimum absolute atomic E-state index is 0.0235. The number of hydrogen-bond donors (Lipinski definition) is 0. The zero-order chi connectivity index (χ0) is 11.7. The van der Waals surface area contributed by atoms with Gasteiger partial charge in [0.1, 0.15) is 11.0 Å². The number of thioether (sulfide) groups is 1. The summed E-state index contributed by atoms with van der Waals surface area (Å²) in [5.74, 6) is 0.839. The molecule has 2 unspecified atom stereocenters. The van der Waals surface area contributed by atoms with Gasteiger partial charge in [-0.05, 0) is 25.1 Å². The summed E-state index contributed by atoms with van der Waals surface area (Å²) in [6.45, 7) is 2.08. The molecule has 0 N–H and O–H groups in total. The molecule has 3 nitrogen and oxygen atoms in total. The Morgan fingerprint density at radius 2 is 2.25 bits per heavy atom. The molecule has 1 aliphatic rings. The molecule has 2 atom stereocenters. The third-order valence-corrected chi connectivity index (χ3v) is 4.31. The lowest BCUT2D eigenvalue weighted by molar-refractivity contribution is 0.413. The summed E-state index contributed by atoms with van der Waals surface area (Å²) in [5, 5.41) is 9.08. The van der Waals surface area contributed by atoms with Crippen LogP contribution in [0.5, 0.6) is 5.75 Å². The van der Waals surface area contributed by atoms with Crippen LogP contribution in [0.2, 0.25) is 0 Å². The SMILES string of the molecule is COc1ccc2c(c1)SC(C#N)C(C)N2C. The van der Waals surface area contributed by atoms with Gasteiger partial charge in [-0.3, -0.25) is 0 Å². The molecule has 0 saturated carbocycles. The molecule has 16 heavy (non-hydrogen) atoms. The molecule has 1 aliphatic heterocycles. The molecule has 2 rings (SSSR count). The third kappa shape index (κ3) is 1.72. The van der Waals surface area contributed by atoms with Gasteiger partial charge in [0.25, 0.3) is 0 Å². The lowest BCUT2D eigenvalue weighted by Gasteiger charge is -2.36. The molecule has 4 heteroatoms. The standard InChI is InChI=1S/C12H14N2OS/c1-8-12(7-13)16-11-6-9(15-3)4-5-10(11)14(8)2/h4-6,8,12H,1-3H3. The zero-order valence-electron chi connectivity index (χ0n) is 9.60. The van der Waals surface area contributed by atoms with E-state index < -0.39 is 0 Å². The number of nitrogens with zero attached hydrogens (tertiary/aromatic N) is 2. The number of benzene rings is 1. The van der Waals surface area contributed by atoms with Crippen molar-refractivity contribution < 1.29 is 4.74 Å². The van der Waals surface area contributed by atoms with Gasteiger partial charge in [0, 0.05) is 11.9 Å². The summed E-state index contributed by atoms with van der Waals surface area (Å²) < 4.78 is 5.20. The molecule has 1 heterocycles. The largest absolute Gasteiger partial charge is 0.497 e. The van der Waals surface area contributed by atoms with Gasteiger partial charge in [0.15, 0.2) is 0 Å². The first kappa shape index (κ1) is 11.2.